The average molecular weight is 485 g/mol. The molecular formula is C25H28N2O6S. The van der Waals surface area contributed by atoms with Crippen LogP contribution in [0.2, 0.25) is 0 Å². The van der Waals surface area contributed by atoms with Crippen LogP contribution >= 0.6 is 0 Å². The van der Waals surface area contributed by atoms with Gasteiger partial charge in [0.2, 0.25) is 5.43 Å². The molecule has 3 aromatic rings. The van der Waals surface area contributed by atoms with Crippen molar-refractivity contribution in [3.63, 3.8) is 0 Å². The number of ether oxygens (including phenoxy) is 1. The maximum absolute atomic E-state index is 13.2. The van der Waals surface area contributed by atoms with Crippen molar-refractivity contribution in [2.24, 2.45) is 0 Å². The first kappa shape index (κ1) is 22.9. The fourth-order valence-electron chi connectivity index (χ4n) is 4.94. The van der Waals surface area contributed by atoms with Crippen molar-refractivity contribution >= 4 is 20.8 Å². The van der Waals surface area contributed by atoms with Gasteiger partial charge in [-0.15, -0.1) is 0 Å². The second-order valence-electron chi connectivity index (χ2n) is 9.02. The van der Waals surface area contributed by atoms with E-state index in [9.17, 15) is 18.3 Å². The van der Waals surface area contributed by atoms with Crippen molar-refractivity contribution in [3.05, 3.63) is 58.4 Å². The second-order valence-corrected chi connectivity index (χ2v) is 11.2. The molecule has 0 amide bonds. The van der Waals surface area contributed by atoms with Crippen LogP contribution in [0.5, 0.6) is 11.5 Å². The summed E-state index contributed by atoms with van der Waals surface area (Å²) >= 11 is 0. The molecule has 0 saturated carbocycles. The number of hydrogen-bond donors (Lipinski definition) is 1. The molecule has 9 heteroatoms. The Bertz CT molecular complexity index is 1360. The molecule has 1 unspecified atom stereocenters. The lowest BCUT2D eigenvalue weighted by Crippen LogP contribution is -2.50. The van der Waals surface area contributed by atoms with Gasteiger partial charge in [-0.05, 0) is 36.2 Å². The van der Waals surface area contributed by atoms with E-state index < -0.39 is 9.84 Å². The molecule has 2 saturated heterocycles. The van der Waals surface area contributed by atoms with E-state index in [2.05, 4.69) is 9.80 Å². The fourth-order valence-corrected chi connectivity index (χ4v) is 6.70. The van der Waals surface area contributed by atoms with Gasteiger partial charge in [0.05, 0.1) is 35.1 Å². The number of aromatic hydroxyl groups is 1. The van der Waals surface area contributed by atoms with Crippen LogP contribution in [0.15, 0.2) is 51.9 Å². The Morgan fingerprint density at radius 3 is 2.47 bits per heavy atom. The lowest BCUT2D eigenvalue weighted by molar-refractivity contribution is 0.0996. The predicted octanol–water partition coefficient (Wildman–Crippen LogP) is 2.48. The SMILES string of the molecule is COc1ccc(-c2coc3c(CN4CCN(C5CCS(=O)(=O)C5)CC4)c(O)ccc3c2=O)cc1. The van der Waals surface area contributed by atoms with Crippen LogP contribution in [-0.4, -0.2) is 74.2 Å². The van der Waals surface area contributed by atoms with Crippen LogP contribution in [0.1, 0.15) is 12.0 Å². The van der Waals surface area contributed by atoms with Gasteiger partial charge in [0, 0.05) is 38.8 Å². The van der Waals surface area contributed by atoms with Crippen molar-refractivity contribution in [2.75, 3.05) is 44.8 Å². The van der Waals surface area contributed by atoms with E-state index >= 15 is 0 Å². The van der Waals surface area contributed by atoms with E-state index in [1.807, 2.05) is 12.1 Å². The first-order valence-corrected chi connectivity index (χ1v) is 13.2. The van der Waals surface area contributed by atoms with Crippen molar-refractivity contribution in [3.8, 4) is 22.6 Å². The molecule has 2 aromatic carbocycles. The zero-order chi connectivity index (χ0) is 23.9. The van der Waals surface area contributed by atoms with Gasteiger partial charge in [-0.1, -0.05) is 12.1 Å². The van der Waals surface area contributed by atoms with Crippen LogP contribution in [-0.2, 0) is 16.4 Å². The van der Waals surface area contributed by atoms with E-state index in [1.165, 1.54) is 6.26 Å². The number of phenolic OH excluding ortho intramolecular Hbond substituents is 1. The molecule has 180 valence electrons. The summed E-state index contributed by atoms with van der Waals surface area (Å²) in [7, 11) is -1.32. The molecule has 0 bridgehead atoms. The first-order chi connectivity index (χ1) is 16.3. The third kappa shape index (κ3) is 4.43. The molecule has 5 rings (SSSR count). The lowest BCUT2D eigenvalue weighted by Gasteiger charge is -2.37. The number of sulfone groups is 1. The first-order valence-electron chi connectivity index (χ1n) is 11.4. The minimum atomic E-state index is -2.90. The highest BCUT2D eigenvalue weighted by Gasteiger charge is 2.33. The van der Waals surface area contributed by atoms with E-state index in [0.29, 0.717) is 40.8 Å². The van der Waals surface area contributed by atoms with Gasteiger partial charge in [0.15, 0.2) is 9.84 Å². The van der Waals surface area contributed by atoms with Crippen molar-refractivity contribution in [2.45, 2.75) is 19.0 Å². The number of fused-ring (bicyclic) bond motifs is 1. The summed E-state index contributed by atoms with van der Waals surface area (Å²) < 4.78 is 34.7. The second kappa shape index (κ2) is 9.05. The molecule has 34 heavy (non-hydrogen) atoms. The summed E-state index contributed by atoms with van der Waals surface area (Å²) in [6, 6.07) is 10.5. The number of phenols is 1. The highest BCUT2D eigenvalue weighted by Crippen LogP contribution is 2.30. The summed E-state index contributed by atoms with van der Waals surface area (Å²) in [5.41, 5.74) is 2.02. The van der Waals surface area contributed by atoms with Crippen molar-refractivity contribution < 1.29 is 22.7 Å². The number of nitrogens with zero attached hydrogens (tertiary/aromatic N) is 2. The molecule has 0 radical (unpaired) electrons. The molecule has 1 atom stereocenters. The van der Waals surface area contributed by atoms with Gasteiger partial charge in [0.25, 0.3) is 0 Å². The van der Waals surface area contributed by atoms with E-state index in [1.54, 1.807) is 31.4 Å². The normalized spacial score (nSPS) is 21.1. The summed E-state index contributed by atoms with van der Waals surface area (Å²) in [4.78, 5) is 17.7. The topological polar surface area (TPSA) is 100 Å². The lowest BCUT2D eigenvalue weighted by atomic mass is 10.0. The fraction of sp³-hybridized carbons (Fsp3) is 0.400. The molecule has 3 heterocycles. The summed E-state index contributed by atoms with van der Waals surface area (Å²) in [5, 5.41) is 11.0. The Kier molecular flexibility index (Phi) is 6.09. The molecule has 2 aliphatic rings. The predicted molar refractivity (Wildman–Crippen MR) is 130 cm³/mol. The van der Waals surface area contributed by atoms with Crippen molar-refractivity contribution in [1.82, 2.24) is 9.80 Å². The molecule has 1 N–H and O–H groups in total. The van der Waals surface area contributed by atoms with Crippen molar-refractivity contribution in [1.29, 1.82) is 0 Å². The number of benzene rings is 2. The summed E-state index contributed by atoms with van der Waals surface area (Å²) in [6.07, 6.45) is 2.15. The Hall–Kier alpha value is -2.88. The maximum atomic E-state index is 13.2. The summed E-state index contributed by atoms with van der Waals surface area (Å²) in [6.45, 7) is 3.50. The van der Waals surface area contributed by atoms with Crippen LogP contribution in [0.3, 0.4) is 0 Å². The number of methoxy groups -OCH3 is 1. The van der Waals surface area contributed by atoms with Crippen LogP contribution < -0.4 is 10.2 Å². The Balaban J connectivity index is 1.36. The summed E-state index contributed by atoms with van der Waals surface area (Å²) in [5.74, 6) is 1.32. The van der Waals surface area contributed by atoms with Gasteiger partial charge < -0.3 is 14.3 Å². The van der Waals surface area contributed by atoms with Crippen LogP contribution in [0.25, 0.3) is 22.1 Å². The van der Waals surface area contributed by atoms with Crippen LogP contribution in [0, 0.1) is 0 Å². The molecular weight excluding hydrogens is 456 g/mol. The van der Waals surface area contributed by atoms with Gasteiger partial charge in [0.1, 0.15) is 23.3 Å². The minimum absolute atomic E-state index is 0.0946. The molecule has 1 aromatic heterocycles. The maximum Gasteiger partial charge on any atom is 0.200 e. The standard InChI is InChI=1S/C25H28N2O6S/c1-32-19-4-2-17(3-5-19)22-15-33-25-20(24(22)29)6-7-23(28)21(25)14-26-9-11-27(12-10-26)18-8-13-34(30,31)16-18/h2-7,15,18,28H,8-14,16H2,1H3. The van der Waals surface area contributed by atoms with E-state index in [0.717, 1.165) is 31.7 Å². The van der Waals surface area contributed by atoms with E-state index in [-0.39, 0.29) is 28.7 Å². The molecule has 2 aliphatic heterocycles. The molecule has 0 aliphatic carbocycles. The monoisotopic (exact) mass is 484 g/mol. The van der Waals surface area contributed by atoms with Gasteiger partial charge in [-0.2, -0.15) is 0 Å². The van der Waals surface area contributed by atoms with E-state index in [4.69, 9.17) is 9.15 Å². The largest absolute Gasteiger partial charge is 0.507 e. The molecule has 0 spiro atoms. The zero-order valence-corrected chi connectivity index (χ0v) is 19.9. The molecule has 2 fully saturated rings. The smallest absolute Gasteiger partial charge is 0.200 e. The third-order valence-corrected chi connectivity index (χ3v) is 8.68. The highest BCUT2D eigenvalue weighted by atomic mass is 32.2. The minimum Gasteiger partial charge on any atom is -0.507 e. The molecule has 8 nitrogen and oxygen atoms in total. The zero-order valence-electron chi connectivity index (χ0n) is 19.1. The number of hydrogen-bond acceptors (Lipinski definition) is 8. The van der Waals surface area contributed by atoms with Gasteiger partial charge in [-0.25, -0.2) is 8.42 Å². The Morgan fingerprint density at radius 1 is 1.09 bits per heavy atom. The van der Waals surface area contributed by atoms with Gasteiger partial charge in [-0.3, -0.25) is 14.6 Å². The van der Waals surface area contributed by atoms with Gasteiger partial charge >= 0.3 is 0 Å². The highest BCUT2D eigenvalue weighted by molar-refractivity contribution is 7.91. The van der Waals surface area contributed by atoms with Crippen LogP contribution in [0.4, 0.5) is 0 Å². The number of rotatable bonds is 5. The number of piperazine rings is 1. The third-order valence-electron chi connectivity index (χ3n) is 6.93. The Morgan fingerprint density at radius 2 is 1.82 bits per heavy atom. The average Bonchev–Trinajstić information content (AvgIpc) is 3.21. The Labute approximate surface area is 198 Å². The quantitative estimate of drug-likeness (QED) is 0.590.